The van der Waals surface area contributed by atoms with E-state index in [0.717, 1.165) is 11.1 Å². The van der Waals surface area contributed by atoms with Gasteiger partial charge < -0.3 is 10.5 Å². The van der Waals surface area contributed by atoms with Crippen LogP contribution < -0.4 is 5.73 Å². The van der Waals surface area contributed by atoms with Crippen LogP contribution in [0.4, 0.5) is 0 Å². The van der Waals surface area contributed by atoms with E-state index in [9.17, 15) is 4.79 Å². The molecule has 0 heterocycles. The molecule has 0 saturated heterocycles. The minimum absolute atomic E-state index is 0.173. The Bertz CT molecular complexity index is 293. The summed E-state index contributed by atoms with van der Waals surface area (Å²) in [6.45, 7) is 2.66. The van der Waals surface area contributed by atoms with Gasteiger partial charge in [0.15, 0.2) is 0 Å². The minimum atomic E-state index is -0.173. The molecule has 0 radical (unpaired) electrons. The number of nitrogens with two attached hydrogens (primary N) is 1. The third kappa shape index (κ3) is 3.18. The molecule has 14 heavy (non-hydrogen) atoms. The molecule has 0 atom stereocenters. The zero-order chi connectivity index (χ0) is 10.4. The summed E-state index contributed by atoms with van der Waals surface area (Å²) in [5, 5.41) is 0. The summed E-state index contributed by atoms with van der Waals surface area (Å²) >= 11 is 0. The third-order valence-corrected chi connectivity index (χ3v) is 1.95. The molecule has 0 aliphatic heterocycles. The number of benzene rings is 1. The zero-order valence-corrected chi connectivity index (χ0v) is 8.32. The average molecular weight is 193 g/mol. The molecule has 0 aromatic heterocycles. The molecule has 1 aromatic carbocycles. The molecule has 3 heteroatoms. The van der Waals surface area contributed by atoms with Crippen molar-refractivity contribution in [2.24, 2.45) is 5.73 Å². The van der Waals surface area contributed by atoms with Crippen molar-refractivity contribution in [3.05, 3.63) is 35.4 Å². The molecule has 0 fully saturated rings. The molecule has 3 nitrogen and oxygen atoms in total. The normalized spacial score (nSPS) is 9.86. The number of hydrogen-bond donors (Lipinski definition) is 1. The van der Waals surface area contributed by atoms with Gasteiger partial charge in [-0.1, -0.05) is 31.2 Å². The van der Waals surface area contributed by atoms with E-state index in [0.29, 0.717) is 19.6 Å². The summed E-state index contributed by atoms with van der Waals surface area (Å²) < 4.78 is 4.98. The summed E-state index contributed by atoms with van der Waals surface area (Å²) in [6, 6.07) is 7.72. The number of carbonyl (C=O) groups is 1. The smallest absolute Gasteiger partial charge is 0.305 e. The van der Waals surface area contributed by atoms with E-state index in [4.69, 9.17) is 10.5 Å². The predicted octanol–water partition coefficient (Wildman–Crippen LogP) is 1.60. The van der Waals surface area contributed by atoms with Gasteiger partial charge in [0.1, 0.15) is 6.61 Å². The predicted molar refractivity (Wildman–Crippen MR) is 54.4 cm³/mol. The number of esters is 1. The third-order valence-electron chi connectivity index (χ3n) is 1.95. The molecule has 1 rings (SSSR count). The first-order chi connectivity index (χ1) is 6.76. The van der Waals surface area contributed by atoms with Gasteiger partial charge in [0.25, 0.3) is 0 Å². The Morgan fingerprint density at radius 3 is 2.36 bits per heavy atom. The van der Waals surface area contributed by atoms with Crippen molar-refractivity contribution in [3.63, 3.8) is 0 Å². The summed E-state index contributed by atoms with van der Waals surface area (Å²) in [5.41, 5.74) is 7.53. The Morgan fingerprint density at radius 2 is 1.86 bits per heavy atom. The van der Waals surface area contributed by atoms with Crippen LogP contribution in [0.1, 0.15) is 24.5 Å². The van der Waals surface area contributed by atoms with Crippen LogP contribution in [0.15, 0.2) is 24.3 Å². The molecule has 0 aliphatic carbocycles. The molecule has 2 N–H and O–H groups in total. The Balaban J connectivity index is 2.47. The Labute approximate surface area is 83.9 Å². The van der Waals surface area contributed by atoms with Gasteiger partial charge in [-0.25, -0.2) is 0 Å². The highest BCUT2D eigenvalue weighted by Gasteiger charge is 1.99. The van der Waals surface area contributed by atoms with E-state index in [1.54, 1.807) is 6.92 Å². The van der Waals surface area contributed by atoms with Crippen LogP contribution in [-0.2, 0) is 22.7 Å². The lowest BCUT2D eigenvalue weighted by Crippen LogP contribution is -2.02. The van der Waals surface area contributed by atoms with Crippen LogP contribution in [-0.4, -0.2) is 5.97 Å². The largest absolute Gasteiger partial charge is 0.461 e. The van der Waals surface area contributed by atoms with Crippen LogP contribution >= 0.6 is 0 Å². The van der Waals surface area contributed by atoms with E-state index in [-0.39, 0.29) is 5.97 Å². The summed E-state index contributed by atoms with van der Waals surface area (Å²) in [6.07, 6.45) is 0.418. The van der Waals surface area contributed by atoms with Crippen LogP contribution in [0.5, 0.6) is 0 Å². The molecule has 0 unspecified atom stereocenters. The van der Waals surface area contributed by atoms with E-state index < -0.39 is 0 Å². The topological polar surface area (TPSA) is 52.3 Å². The van der Waals surface area contributed by atoms with Crippen LogP contribution in [0.25, 0.3) is 0 Å². The van der Waals surface area contributed by atoms with Gasteiger partial charge in [-0.15, -0.1) is 0 Å². The van der Waals surface area contributed by atoms with Gasteiger partial charge in [-0.05, 0) is 11.1 Å². The second kappa shape index (κ2) is 5.40. The van der Waals surface area contributed by atoms with Crippen LogP contribution in [0.3, 0.4) is 0 Å². The van der Waals surface area contributed by atoms with Crippen molar-refractivity contribution in [1.82, 2.24) is 0 Å². The van der Waals surface area contributed by atoms with Gasteiger partial charge in [0, 0.05) is 13.0 Å². The van der Waals surface area contributed by atoms with Crippen LogP contribution in [0.2, 0.25) is 0 Å². The van der Waals surface area contributed by atoms with Gasteiger partial charge >= 0.3 is 5.97 Å². The molecule has 0 saturated carbocycles. The van der Waals surface area contributed by atoms with Gasteiger partial charge in [-0.3, -0.25) is 4.79 Å². The maximum atomic E-state index is 10.9. The minimum Gasteiger partial charge on any atom is -0.461 e. The fraction of sp³-hybridized carbons (Fsp3) is 0.364. The lowest BCUT2D eigenvalue weighted by molar-refractivity contribution is -0.144. The zero-order valence-electron chi connectivity index (χ0n) is 8.32. The highest BCUT2D eigenvalue weighted by Crippen LogP contribution is 2.05. The standard InChI is InChI=1S/C11H15NO2/c1-2-11(13)14-8-10-5-3-9(7-12)4-6-10/h3-6H,2,7-8,12H2,1H3. The average Bonchev–Trinajstić information content (AvgIpc) is 2.26. The maximum Gasteiger partial charge on any atom is 0.305 e. The first kappa shape index (κ1) is 10.7. The quantitative estimate of drug-likeness (QED) is 0.739. The number of carbonyl (C=O) groups excluding carboxylic acids is 1. The van der Waals surface area contributed by atoms with Crippen molar-refractivity contribution in [2.75, 3.05) is 0 Å². The monoisotopic (exact) mass is 193 g/mol. The first-order valence-electron chi connectivity index (χ1n) is 4.69. The summed E-state index contributed by atoms with van der Waals surface area (Å²) in [7, 11) is 0. The Hall–Kier alpha value is -1.35. The molecule has 0 spiro atoms. The van der Waals surface area contributed by atoms with Crippen molar-refractivity contribution < 1.29 is 9.53 Å². The van der Waals surface area contributed by atoms with E-state index in [1.165, 1.54) is 0 Å². The molecule has 0 bridgehead atoms. The van der Waals surface area contributed by atoms with Gasteiger partial charge in [0.2, 0.25) is 0 Å². The summed E-state index contributed by atoms with van der Waals surface area (Å²) in [4.78, 5) is 10.9. The fourth-order valence-electron chi connectivity index (χ4n) is 1.04. The fourth-order valence-corrected chi connectivity index (χ4v) is 1.04. The van der Waals surface area contributed by atoms with Crippen LogP contribution in [0, 0.1) is 0 Å². The highest BCUT2D eigenvalue weighted by molar-refractivity contribution is 5.68. The van der Waals surface area contributed by atoms with Crippen molar-refractivity contribution in [1.29, 1.82) is 0 Å². The maximum absolute atomic E-state index is 10.9. The Morgan fingerprint density at radius 1 is 1.29 bits per heavy atom. The van der Waals surface area contributed by atoms with Gasteiger partial charge in [0.05, 0.1) is 0 Å². The number of ether oxygens (including phenoxy) is 1. The molecular formula is C11H15NO2. The molecule has 76 valence electrons. The lowest BCUT2D eigenvalue weighted by atomic mass is 10.1. The van der Waals surface area contributed by atoms with E-state index >= 15 is 0 Å². The Kier molecular flexibility index (Phi) is 4.13. The molecule has 0 aliphatic rings. The SMILES string of the molecule is CCC(=O)OCc1ccc(CN)cc1. The highest BCUT2D eigenvalue weighted by atomic mass is 16.5. The van der Waals surface area contributed by atoms with Crippen molar-refractivity contribution in [3.8, 4) is 0 Å². The molecule has 0 amide bonds. The van der Waals surface area contributed by atoms with Gasteiger partial charge in [-0.2, -0.15) is 0 Å². The number of hydrogen-bond acceptors (Lipinski definition) is 3. The molecular weight excluding hydrogens is 178 g/mol. The van der Waals surface area contributed by atoms with E-state index in [1.807, 2.05) is 24.3 Å². The molecule has 1 aromatic rings. The number of rotatable bonds is 4. The second-order valence-electron chi connectivity index (χ2n) is 3.03. The first-order valence-corrected chi connectivity index (χ1v) is 4.69. The summed E-state index contributed by atoms with van der Waals surface area (Å²) in [5.74, 6) is -0.173. The lowest BCUT2D eigenvalue weighted by Gasteiger charge is -2.03. The van der Waals surface area contributed by atoms with Crippen molar-refractivity contribution in [2.45, 2.75) is 26.5 Å². The second-order valence-corrected chi connectivity index (χ2v) is 3.03. The van der Waals surface area contributed by atoms with E-state index in [2.05, 4.69) is 0 Å². The van der Waals surface area contributed by atoms with Crippen molar-refractivity contribution >= 4 is 5.97 Å².